The number of carbonyl (C=O) groups is 1. The number of amides is 1. The maximum absolute atomic E-state index is 12.2. The van der Waals surface area contributed by atoms with Crippen LogP contribution < -0.4 is 15.1 Å². The van der Waals surface area contributed by atoms with Crippen molar-refractivity contribution >= 4 is 52.7 Å². The zero-order valence-electron chi connectivity index (χ0n) is 30.9. The van der Waals surface area contributed by atoms with Crippen molar-refractivity contribution in [3.05, 3.63) is 70.8 Å². The molecule has 2 unspecified atom stereocenters. The molecule has 53 heavy (non-hydrogen) atoms. The number of nitro groups is 1. The number of ether oxygens (including phenoxy) is 1. The summed E-state index contributed by atoms with van der Waals surface area (Å²) in [5.74, 6) is -0.228. The minimum absolute atomic E-state index is 0.0168. The van der Waals surface area contributed by atoms with E-state index in [1.807, 2.05) is 44.2 Å². The predicted octanol–water partition coefficient (Wildman–Crippen LogP) is 7.05. The van der Waals surface area contributed by atoms with Gasteiger partial charge in [0, 0.05) is 62.6 Å². The maximum Gasteiger partial charge on any atom is 0.277 e. The Hall–Kier alpha value is -4.27. The van der Waals surface area contributed by atoms with E-state index in [2.05, 4.69) is 32.5 Å². The summed E-state index contributed by atoms with van der Waals surface area (Å²) < 4.78 is 22.6. The van der Waals surface area contributed by atoms with Crippen LogP contribution in [-0.2, 0) is 23.5 Å². The van der Waals surface area contributed by atoms with Crippen LogP contribution in [0.4, 0.5) is 22.7 Å². The molecule has 0 radical (unpaired) electrons. The number of azo groups is 1. The molecule has 0 heterocycles. The van der Waals surface area contributed by atoms with E-state index in [1.165, 1.54) is 6.07 Å². The van der Waals surface area contributed by atoms with Crippen molar-refractivity contribution < 1.29 is 38.4 Å². The molecule has 2 N–H and O–H groups in total. The molecular weight excluding hydrogens is 703 g/mol. The van der Waals surface area contributed by atoms with Crippen LogP contribution in [0.1, 0.15) is 59.3 Å². The quantitative estimate of drug-likeness (QED) is 0.0213. The van der Waals surface area contributed by atoms with E-state index in [0.717, 1.165) is 17.9 Å². The standard InChI is InChI=1S/C37H53N6O9P/c1-4-30(28-53(48,49)52-25-10-23-44)27-50-24-9-21-38-37(45)14-8-11-29(3)41-51-26-22-42(5-2)32-17-15-31(16-18-32)39-40-35-19-20-36(43(46)47)34-13-7-6-12-33(34)35/h6-7,12-13,15-20,30,44H,4-5,8-11,14,21-28H2,1-3H3,(H,38,45)(H,48,49)/p-1/b40-39?,41-29+. The highest BCUT2D eigenvalue weighted by atomic mass is 31.2. The van der Waals surface area contributed by atoms with Gasteiger partial charge in [0.2, 0.25) is 5.91 Å². The van der Waals surface area contributed by atoms with E-state index in [9.17, 15) is 24.4 Å². The lowest BCUT2D eigenvalue weighted by molar-refractivity contribution is -0.383. The first kappa shape index (κ1) is 43.1. The van der Waals surface area contributed by atoms with Crippen LogP contribution in [0, 0.1) is 16.0 Å². The first-order valence-corrected chi connectivity index (χ1v) is 19.8. The number of rotatable bonds is 26. The molecule has 0 bridgehead atoms. The van der Waals surface area contributed by atoms with Crippen LogP contribution >= 0.6 is 7.60 Å². The summed E-state index contributed by atoms with van der Waals surface area (Å²) in [7, 11) is -3.96. The van der Waals surface area contributed by atoms with Crippen molar-refractivity contribution in [2.24, 2.45) is 21.3 Å². The summed E-state index contributed by atoms with van der Waals surface area (Å²) in [5, 5.41) is 37.1. The lowest BCUT2D eigenvalue weighted by Gasteiger charge is -2.27. The number of nitrogens with one attached hydrogen (secondary N) is 1. The Morgan fingerprint density at radius 3 is 2.43 bits per heavy atom. The Morgan fingerprint density at radius 1 is 0.981 bits per heavy atom. The molecule has 3 aromatic carbocycles. The molecule has 16 heteroatoms. The third kappa shape index (κ3) is 15.7. The molecule has 0 fully saturated rings. The Labute approximate surface area is 311 Å². The smallest absolute Gasteiger partial charge is 0.277 e. The topological polar surface area (TPSA) is 201 Å². The minimum Gasteiger partial charge on any atom is -0.778 e. The van der Waals surface area contributed by atoms with Crippen LogP contribution in [-0.4, -0.2) is 80.5 Å². The highest BCUT2D eigenvalue weighted by molar-refractivity contribution is 7.51. The molecule has 0 saturated heterocycles. The molecule has 0 aliphatic rings. The summed E-state index contributed by atoms with van der Waals surface area (Å²) in [5.41, 5.74) is 3.03. The number of benzene rings is 3. The Bertz CT molecular complexity index is 1690. The third-order valence-corrected chi connectivity index (χ3v) is 9.89. The molecule has 1 amide bonds. The number of hydrogen-bond donors (Lipinski definition) is 2. The predicted molar refractivity (Wildman–Crippen MR) is 204 cm³/mol. The molecule has 15 nitrogen and oxygen atoms in total. The normalized spacial score (nSPS) is 13.6. The van der Waals surface area contributed by atoms with Gasteiger partial charge in [-0.3, -0.25) is 14.9 Å². The van der Waals surface area contributed by atoms with Crippen LogP contribution in [0.2, 0.25) is 0 Å². The molecule has 0 aliphatic heterocycles. The largest absolute Gasteiger partial charge is 0.778 e. The van der Waals surface area contributed by atoms with Crippen LogP contribution in [0.15, 0.2) is 76.0 Å². The highest BCUT2D eigenvalue weighted by Crippen LogP contribution is 2.40. The fraction of sp³-hybridized carbons (Fsp3) is 0.514. The first-order chi connectivity index (χ1) is 25.6. The van der Waals surface area contributed by atoms with Crippen LogP contribution in [0.3, 0.4) is 0 Å². The van der Waals surface area contributed by atoms with Crippen molar-refractivity contribution in [1.29, 1.82) is 0 Å². The molecule has 0 aliphatic carbocycles. The van der Waals surface area contributed by atoms with Crippen molar-refractivity contribution in [2.45, 2.75) is 59.3 Å². The fourth-order valence-electron chi connectivity index (χ4n) is 5.36. The number of aliphatic hydroxyl groups excluding tert-OH is 1. The lowest BCUT2D eigenvalue weighted by Crippen LogP contribution is -2.26. The number of nitrogens with zero attached hydrogens (tertiary/aromatic N) is 5. The van der Waals surface area contributed by atoms with E-state index in [1.54, 1.807) is 24.3 Å². The van der Waals surface area contributed by atoms with E-state index >= 15 is 0 Å². The molecule has 2 atom stereocenters. The SMILES string of the molecule is CCC(COCCCNC(=O)CCC/C(C)=N/OCCN(CC)c1ccc(N=Nc2ccc([N+](=O)[O-])c3ccccc23)cc1)CP(=O)([O-])OCCCO. The highest BCUT2D eigenvalue weighted by Gasteiger charge is 2.17. The number of oxime groups is 1. The van der Waals surface area contributed by atoms with Gasteiger partial charge in [0.1, 0.15) is 14.2 Å². The van der Waals surface area contributed by atoms with Crippen molar-refractivity contribution in [3.63, 3.8) is 0 Å². The molecule has 0 spiro atoms. The molecule has 3 aromatic rings. The summed E-state index contributed by atoms with van der Waals surface area (Å²) in [4.78, 5) is 43.0. The van der Waals surface area contributed by atoms with Gasteiger partial charge in [-0.05, 0) is 81.8 Å². The number of likely N-dealkylation sites (N-methyl/N-ethyl adjacent to an activating group) is 1. The van der Waals surface area contributed by atoms with Gasteiger partial charge in [-0.1, -0.05) is 36.7 Å². The van der Waals surface area contributed by atoms with Crippen molar-refractivity contribution in [2.75, 3.05) is 63.7 Å². The summed E-state index contributed by atoms with van der Waals surface area (Å²) in [6.45, 7) is 8.62. The summed E-state index contributed by atoms with van der Waals surface area (Å²) in [6, 6.07) is 17.7. The number of aliphatic hydroxyl groups is 1. The number of nitro benzene ring substituents is 1. The first-order valence-electron chi connectivity index (χ1n) is 18.0. The van der Waals surface area contributed by atoms with E-state index in [0.29, 0.717) is 87.2 Å². The molecule has 3 rings (SSSR count). The van der Waals surface area contributed by atoms with Gasteiger partial charge >= 0.3 is 0 Å². The Balaban J connectivity index is 1.30. The number of carbonyl (C=O) groups excluding carboxylic acids is 1. The molecule has 0 aromatic heterocycles. The number of non-ortho nitro benzene ring substituents is 1. The molecular formula is C37H52N6O9P-. The van der Waals surface area contributed by atoms with E-state index in [4.69, 9.17) is 19.2 Å². The van der Waals surface area contributed by atoms with Crippen LogP contribution in [0.25, 0.3) is 10.8 Å². The summed E-state index contributed by atoms with van der Waals surface area (Å²) >= 11 is 0. The zero-order chi connectivity index (χ0) is 38.5. The number of hydrogen-bond acceptors (Lipinski definition) is 13. The van der Waals surface area contributed by atoms with Gasteiger partial charge in [0.25, 0.3) is 5.69 Å². The fourth-order valence-corrected chi connectivity index (χ4v) is 6.87. The monoisotopic (exact) mass is 755 g/mol. The Kier molecular flexibility index (Phi) is 19.1. The minimum atomic E-state index is -3.96. The molecule has 0 saturated carbocycles. The maximum atomic E-state index is 12.2. The van der Waals surface area contributed by atoms with Gasteiger partial charge in [-0.25, -0.2) is 0 Å². The molecule has 290 valence electrons. The Morgan fingerprint density at radius 2 is 1.74 bits per heavy atom. The second-order valence-electron chi connectivity index (χ2n) is 12.5. The van der Waals surface area contributed by atoms with Crippen molar-refractivity contribution in [3.8, 4) is 0 Å². The van der Waals surface area contributed by atoms with Crippen molar-refractivity contribution in [1.82, 2.24) is 5.32 Å². The number of fused-ring (bicyclic) bond motifs is 1. The average molecular weight is 756 g/mol. The number of anilines is 1. The van der Waals surface area contributed by atoms with Gasteiger partial charge in [-0.15, -0.1) is 5.11 Å². The zero-order valence-corrected chi connectivity index (χ0v) is 31.7. The second kappa shape index (κ2) is 23.4. The van der Waals surface area contributed by atoms with Gasteiger partial charge in [0.05, 0.1) is 40.5 Å². The van der Waals surface area contributed by atoms with Gasteiger partial charge in [-0.2, -0.15) is 5.11 Å². The second-order valence-corrected chi connectivity index (χ2v) is 14.3. The van der Waals surface area contributed by atoms with E-state index < -0.39 is 12.5 Å². The van der Waals surface area contributed by atoms with Gasteiger partial charge in [0.15, 0.2) is 0 Å². The third-order valence-electron chi connectivity index (χ3n) is 8.35. The average Bonchev–Trinajstić information content (AvgIpc) is 3.15. The van der Waals surface area contributed by atoms with E-state index in [-0.39, 0.29) is 43.3 Å². The van der Waals surface area contributed by atoms with Gasteiger partial charge < -0.3 is 38.9 Å². The lowest BCUT2D eigenvalue weighted by atomic mass is 10.1. The summed E-state index contributed by atoms with van der Waals surface area (Å²) in [6.07, 6.45) is 3.06. The van der Waals surface area contributed by atoms with Crippen LogP contribution in [0.5, 0.6) is 0 Å².